The average molecular weight is 209 g/mol. The van der Waals surface area contributed by atoms with Gasteiger partial charge >= 0.3 is 0 Å². The van der Waals surface area contributed by atoms with Crippen molar-refractivity contribution < 1.29 is 0 Å². The van der Waals surface area contributed by atoms with Crippen molar-refractivity contribution in [3.8, 4) is 0 Å². The SMILES string of the molecule is Cc1ccc2ccc3cccc(=O)c3c2[nH]1. The predicted molar refractivity (Wildman–Crippen MR) is 66.8 cm³/mol. The van der Waals surface area contributed by atoms with Gasteiger partial charge in [0.05, 0.1) is 10.9 Å². The third kappa shape index (κ3) is 1.23. The van der Waals surface area contributed by atoms with Crippen LogP contribution in [0.3, 0.4) is 0 Å². The number of rotatable bonds is 0. The van der Waals surface area contributed by atoms with Crippen LogP contribution in [-0.2, 0) is 0 Å². The third-order valence-corrected chi connectivity index (χ3v) is 2.87. The van der Waals surface area contributed by atoms with E-state index in [2.05, 4.69) is 4.98 Å². The number of nitrogens with one attached hydrogen (secondary N) is 1. The van der Waals surface area contributed by atoms with Gasteiger partial charge in [-0.25, -0.2) is 0 Å². The molecule has 2 aromatic carbocycles. The molecule has 2 nitrogen and oxygen atoms in total. The van der Waals surface area contributed by atoms with Crippen molar-refractivity contribution in [1.82, 2.24) is 4.98 Å². The van der Waals surface area contributed by atoms with Gasteiger partial charge in [0.15, 0.2) is 5.43 Å². The van der Waals surface area contributed by atoms with Gasteiger partial charge in [-0.2, -0.15) is 0 Å². The van der Waals surface area contributed by atoms with Gasteiger partial charge in [0.1, 0.15) is 0 Å². The zero-order valence-corrected chi connectivity index (χ0v) is 8.95. The Kier molecular flexibility index (Phi) is 1.83. The van der Waals surface area contributed by atoms with Crippen LogP contribution in [-0.4, -0.2) is 4.98 Å². The standard InChI is InChI=1S/C14H11NO/c1-9-5-6-11-8-7-10-3-2-4-12(16)13(10)14(11)15-9/h2-8,15H,1H3. The molecule has 0 fully saturated rings. The molecule has 2 heteroatoms. The smallest absolute Gasteiger partial charge is 0.188 e. The summed E-state index contributed by atoms with van der Waals surface area (Å²) in [6.45, 7) is 1.99. The van der Waals surface area contributed by atoms with Gasteiger partial charge in [-0.3, -0.25) is 4.79 Å². The molecule has 0 aliphatic heterocycles. The topological polar surface area (TPSA) is 32.9 Å². The van der Waals surface area contributed by atoms with Crippen LogP contribution in [0.4, 0.5) is 0 Å². The van der Waals surface area contributed by atoms with Crippen molar-refractivity contribution in [2.45, 2.75) is 6.92 Å². The highest BCUT2D eigenvalue weighted by Gasteiger charge is 2.03. The van der Waals surface area contributed by atoms with E-state index in [0.717, 1.165) is 27.4 Å². The highest BCUT2D eigenvalue weighted by molar-refractivity contribution is 6.04. The van der Waals surface area contributed by atoms with Crippen LogP contribution in [0.2, 0.25) is 0 Å². The van der Waals surface area contributed by atoms with Gasteiger partial charge < -0.3 is 4.98 Å². The van der Waals surface area contributed by atoms with Crippen LogP contribution in [0.5, 0.6) is 0 Å². The quantitative estimate of drug-likeness (QED) is 0.567. The number of aryl methyl sites for hydroxylation is 1. The van der Waals surface area contributed by atoms with E-state index in [9.17, 15) is 4.79 Å². The molecule has 1 aromatic heterocycles. The van der Waals surface area contributed by atoms with E-state index in [1.54, 1.807) is 12.1 Å². The molecule has 0 aliphatic rings. The summed E-state index contributed by atoms with van der Waals surface area (Å²) in [6, 6.07) is 13.4. The number of fused-ring (bicyclic) bond motifs is 3. The third-order valence-electron chi connectivity index (χ3n) is 2.87. The Morgan fingerprint density at radius 1 is 0.938 bits per heavy atom. The van der Waals surface area contributed by atoms with E-state index in [0.29, 0.717) is 0 Å². The lowest BCUT2D eigenvalue weighted by Crippen LogP contribution is -2.00. The van der Waals surface area contributed by atoms with Crippen LogP contribution in [0.25, 0.3) is 21.7 Å². The van der Waals surface area contributed by atoms with Crippen molar-refractivity contribution in [3.05, 3.63) is 58.4 Å². The molecule has 0 atom stereocenters. The van der Waals surface area contributed by atoms with Crippen LogP contribution in [0.15, 0.2) is 47.3 Å². The Hall–Kier alpha value is -2.09. The molecule has 0 radical (unpaired) electrons. The van der Waals surface area contributed by atoms with Crippen molar-refractivity contribution >= 4 is 21.7 Å². The Bertz CT molecular complexity index is 740. The summed E-state index contributed by atoms with van der Waals surface area (Å²) in [6.07, 6.45) is 0. The number of benzene rings is 2. The molecular weight excluding hydrogens is 198 g/mol. The van der Waals surface area contributed by atoms with E-state index in [4.69, 9.17) is 0 Å². The summed E-state index contributed by atoms with van der Waals surface area (Å²) in [4.78, 5) is 15.2. The lowest BCUT2D eigenvalue weighted by atomic mass is 10.1. The van der Waals surface area contributed by atoms with Crippen LogP contribution < -0.4 is 5.43 Å². The molecule has 3 aromatic rings. The lowest BCUT2D eigenvalue weighted by molar-refractivity contribution is 1.26. The van der Waals surface area contributed by atoms with E-state index in [1.165, 1.54) is 0 Å². The normalized spacial score (nSPS) is 11.1. The molecule has 0 spiro atoms. The van der Waals surface area contributed by atoms with Gasteiger partial charge in [-0.15, -0.1) is 0 Å². The van der Waals surface area contributed by atoms with E-state index in [1.807, 2.05) is 37.3 Å². The van der Waals surface area contributed by atoms with Crippen LogP contribution >= 0.6 is 0 Å². The van der Waals surface area contributed by atoms with Gasteiger partial charge in [-0.05, 0) is 29.8 Å². The van der Waals surface area contributed by atoms with Gasteiger partial charge in [0.25, 0.3) is 0 Å². The Morgan fingerprint density at radius 3 is 2.56 bits per heavy atom. The van der Waals surface area contributed by atoms with Crippen LogP contribution in [0.1, 0.15) is 5.69 Å². The molecule has 0 bridgehead atoms. The molecule has 16 heavy (non-hydrogen) atoms. The van der Waals surface area contributed by atoms with Crippen molar-refractivity contribution in [3.63, 3.8) is 0 Å². The summed E-state index contributed by atoms with van der Waals surface area (Å²) in [5.41, 5.74) is 2.07. The monoisotopic (exact) mass is 209 g/mol. The van der Waals surface area contributed by atoms with Gasteiger partial charge in [0.2, 0.25) is 0 Å². The molecule has 1 heterocycles. The van der Waals surface area contributed by atoms with E-state index in [-0.39, 0.29) is 5.43 Å². The first-order valence-electron chi connectivity index (χ1n) is 5.27. The minimum absolute atomic E-state index is 0.0740. The van der Waals surface area contributed by atoms with Gasteiger partial charge in [0, 0.05) is 5.69 Å². The number of aromatic amines is 1. The second-order valence-corrected chi connectivity index (χ2v) is 4.03. The largest absolute Gasteiger partial charge is 0.358 e. The highest BCUT2D eigenvalue weighted by Crippen LogP contribution is 2.20. The Balaban J connectivity index is 2.67. The minimum Gasteiger partial charge on any atom is -0.358 e. The molecule has 0 saturated heterocycles. The molecule has 0 unspecified atom stereocenters. The van der Waals surface area contributed by atoms with Crippen molar-refractivity contribution in [2.75, 3.05) is 0 Å². The van der Waals surface area contributed by atoms with Crippen molar-refractivity contribution in [1.29, 1.82) is 0 Å². The zero-order chi connectivity index (χ0) is 11.1. The van der Waals surface area contributed by atoms with E-state index < -0.39 is 0 Å². The zero-order valence-electron chi connectivity index (χ0n) is 8.95. The highest BCUT2D eigenvalue weighted by atomic mass is 16.1. The fraction of sp³-hybridized carbons (Fsp3) is 0.0714. The molecule has 0 amide bonds. The Labute approximate surface area is 92.5 Å². The molecule has 0 aliphatic carbocycles. The van der Waals surface area contributed by atoms with E-state index >= 15 is 0 Å². The number of pyridine rings is 1. The second kappa shape index (κ2) is 3.20. The molecular formula is C14H11NO. The first-order chi connectivity index (χ1) is 7.75. The maximum Gasteiger partial charge on any atom is 0.188 e. The number of aromatic nitrogens is 1. The fourth-order valence-corrected chi connectivity index (χ4v) is 2.09. The first kappa shape index (κ1) is 9.16. The summed E-state index contributed by atoms with van der Waals surface area (Å²) in [5.74, 6) is 0. The predicted octanol–water partition coefficient (Wildman–Crippen LogP) is 2.99. The fourth-order valence-electron chi connectivity index (χ4n) is 2.09. The first-order valence-corrected chi connectivity index (χ1v) is 5.27. The summed E-state index contributed by atoms with van der Waals surface area (Å²) < 4.78 is 0. The number of H-pyrrole nitrogens is 1. The lowest BCUT2D eigenvalue weighted by Gasteiger charge is -2.04. The number of hydrogen-bond acceptors (Lipinski definition) is 1. The maximum atomic E-state index is 11.9. The van der Waals surface area contributed by atoms with Crippen LogP contribution in [0, 0.1) is 6.92 Å². The molecule has 3 rings (SSSR count). The van der Waals surface area contributed by atoms with Crippen molar-refractivity contribution in [2.24, 2.45) is 0 Å². The van der Waals surface area contributed by atoms with Gasteiger partial charge in [-0.1, -0.05) is 30.3 Å². The average Bonchev–Trinajstić information content (AvgIpc) is 2.28. The maximum absolute atomic E-state index is 11.9. The molecule has 78 valence electrons. The molecule has 1 N–H and O–H groups in total. The second-order valence-electron chi connectivity index (χ2n) is 4.03. The summed E-state index contributed by atoms with van der Waals surface area (Å²) >= 11 is 0. The molecule has 0 saturated carbocycles. The minimum atomic E-state index is 0.0740. The Morgan fingerprint density at radius 2 is 1.69 bits per heavy atom. The summed E-state index contributed by atoms with van der Waals surface area (Å²) in [7, 11) is 0. The summed E-state index contributed by atoms with van der Waals surface area (Å²) in [5, 5.41) is 2.84. The number of hydrogen-bond donors (Lipinski definition) is 1.